The minimum Gasteiger partial charge on any atom is -0.337 e. The summed E-state index contributed by atoms with van der Waals surface area (Å²) in [5.41, 5.74) is 1.50. The number of aromatic nitrogens is 2. The van der Waals surface area contributed by atoms with Crippen LogP contribution in [0.3, 0.4) is 0 Å². The van der Waals surface area contributed by atoms with Crippen LogP contribution in [0.15, 0.2) is 4.79 Å². The average Bonchev–Trinajstić information content (AvgIpc) is 2.53. The number of carbonyl (C=O) groups excluding carboxylic acids is 1. The first-order valence-electron chi connectivity index (χ1n) is 7.69. The normalized spacial score (nSPS) is 18.0. The highest BCUT2D eigenvalue weighted by Gasteiger charge is 2.27. The van der Waals surface area contributed by atoms with Crippen LogP contribution >= 0.6 is 12.4 Å². The maximum atomic E-state index is 12.8. The lowest BCUT2D eigenvalue weighted by molar-refractivity contribution is 0.0694. The lowest BCUT2D eigenvalue weighted by Gasteiger charge is -2.32. The van der Waals surface area contributed by atoms with Gasteiger partial charge in [-0.1, -0.05) is 13.8 Å². The number of aryl methyl sites for hydroxylation is 1. The molecule has 1 aromatic rings. The topological polar surface area (TPSA) is 78.1 Å². The molecule has 6 nitrogen and oxygen atoms in total. The molecule has 2 N–H and O–H groups in total. The molecule has 0 bridgehead atoms. The van der Waals surface area contributed by atoms with E-state index in [-0.39, 0.29) is 29.4 Å². The maximum Gasteiger partial charge on any atom is 0.277 e. The Balaban J connectivity index is 0.00000242. The third-order valence-electron chi connectivity index (χ3n) is 4.19. The maximum absolute atomic E-state index is 12.8. The van der Waals surface area contributed by atoms with Crippen molar-refractivity contribution < 1.29 is 4.79 Å². The van der Waals surface area contributed by atoms with Crippen LogP contribution in [0.4, 0.5) is 0 Å². The monoisotopic (exact) mass is 328 g/mol. The largest absolute Gasteiger partial charge is 0.337 e. The molecule has 0 spiro atoms. The van der Waals surface area contributed by atoms with Gasteiger partial charge < -0.3 is 10.2 Å². The fourth-order valence-corrected chi connectivity index (χ4v) is 2.98. The smallest absolute Gasteiger partial charge is 0.277 e. The van der Waals surface area contributed by atoms with E-state index in [0.717, 1.165) is 24.1 Å². The molecule has 22 heavy (non-hydrogen) atoms. The zero-order valence-electron chi connectivity index (χ0n) is 13.4. The van der Waals surface area contributed by atoms with Crippen molar-refractivity contribution in [3.8, 4) is 0 Å². The van der Waals surface area contributed by atoms with Gasteiger partial charge in [0.15, 0.2) is 0 Å². The second-order valence-electron chi connectivity index (χ2n) is 5.44. The van der Waals surface area contributed by atoms with E-state index < -0.39 is 0 Å². The van der Waals surface area contributed by atoms with Crippen LogP contribution in [-0.4, -0.2) is 47.2 Å². The molecule has 124 valence electrons. The molecule has 0 aromatic carbocycles. The van der Waals surface area contributed by atoms with E-state index in [0.29, 0.717) is 32.0 Å². The number of rotatable bonds is 4. The van der Waals surface area contributed by atoms with Crippen molar-refractivity contribution in [1.82, 2.24) is 20.4 Å². The number of piperidine rings is 1. The van der Waals surface area contributed by atoms with Crippen LogP contribution in [0.2, 0.25) is 0 Å². The first-order chi connectivity index (χ1) is 10.1. The Morgan fingerprint density at radius 3 is 2.73 bits per heavy atom. The number of hydrogen-bond donors (Lipinski definition) is 2. The summed E-state index contributed by atoms with van der Waals surface area (Å²) < 4.78 is 0. The van der Waals surface area contributed by atoms with Gasteiger partial charge in [0, 0.05) is 19.1 Å². The van der Waals surface area contributed by atoms with Crippen LogP contribution in [-0.2, 0) is 12.8 Å². The molecule has 1 saturated heterocycles. The summed E-state index contributed by atoms with van der Waals surface area (Å²) in [6, 6.07) is 0.305. The van der Waals surface area contributed by atoms with Crippen molar-refractivity contribution in [2.24, 2.45) is 0 Å². The SMILES string of the molecule is CCc1n[nH]c(=O)c(C(=O)N2CCCC(NC)C2)c1CC.Cl. The van der Waals surface area contributed by atoms with E-state index in [1.807, 2.05) is 20.9 Å². The quantitative estimate of drug-likeness (QED) is 0.869. The molecule has 1 aliphatic heterocycles. The summed E-state index contributed by atoms with van der Waals surface area (Å²) in [4.78, 5) is 26.7. The van der Waals surface area contributed by atoms with Gasteiger partial charge >= 0.3 is 0 Å². The summed E-state index contributed by atoms with van der Waals surface area (Å²) in [7, 11) is 1.91. The summed E-state index contributed by atoms with van der Waals surface area (Å²) in [6.45, 7) is 5.30. The Labute approximate surface area is 137 Å². The summed E-state index contributed by atoms with van der Waals surface area (Å²) in [5.74, 6) is -0.162. The molecule has 1 amide bonds. The molecule has 0 aliphatic carbocycles. The average molecular weight is 329 g/mol. The highest BCUT2D eigenvalue weighted by Crippen LogP contribution is 2.16. The van der Waals surface area contributed by atoms with Crippen molar-refractivity contribution in [3.05, 3.63) is 27.2 Å². The molecule has 0 radical (unpaired) electrons. The van der Waals surface area contributed by atoms with Gasteiger partial charge in [-0.2, -0.15) is 5.10 Å². The number of H-pyrrole nitrogens is 1. The molecule has 1 aliphatic rings. The third kappa shape index (κ3) is 3.67. The van der Waals surface area contributed by atoms with E-state index in [1.54, 1.807) is 4.90 Å². The lowest BCUT2D eigenvalue weighted by atomic mass is 10.0. The van der Waals surface area contributed by atoms with Crippen molar-refractivity contribution in [3.63, 3.8) is 0 Å². The van der Waals surface area contributed by atoms with Crippen molar-refractivity contribution in [2.45, 2.75) is 45.6 Å². The van der Waals surface area contributed by atoms with Gasteiger partial charge in [0.1, 0.15) is 5.56 Å². The first kappa shape index (κ1) is 18.6. The zero-order chi connectivity index (χ0) is 15.4. The van der Waals surface area contributed by atoms with Crippen molar-refractivity contribution in [2.75, 3.05) is 20.1 Å². The predicted molar refractivity (Wildman–Crippen MR) is 88.8 cm³/mol. The Morgan fingerprint density at radius 2 is 2.14 bits per heavy atom. The van der Waals surface area contributed by atoms with Crippen LogP contribution in [0.1, 0.15) is 48.3 Å². The standard InChI is InChI=1S/C15H24N4O2.ClH/c1-4-11-12(5-2)17-18-14(20)13(11)15(21)19-8-6-7-10(9-19)16-3;/h10,16H,4-9H2,1-3H3,(H,18,20);1H. The van der Waals surface area contributed by atoms with E-state index in [4.69, 9.17) is 0 Å². The van der Waals surface area contributed by atoms with Gasteiger partial charge in [-0.3, -0.25) is 9.59 Å². The fraction of sp³-hybridized carbons (Fsp3) is 0.667. The molecule has 1 aromatic heterocycles. The summed E-state index contributed by atoms with van der Waals surface area (Å²) >= 11 is 0. The molecular weight excluding hydrogens is 304 g/mol. The van der Waals surface area contributed by atoms with Gasteiger partial charge in [-0.15, -0.1) is 12.4 Å². The second kappa shape index (κ2) is 8.29. The summed E-state index contributed by atoms with van der Waals surface area (Å²) in [6.07, 6.45) is 3.37. The Bertz CT molecular complexity index is 573. The molecule has 1 unspecified atom stereocenters. The molecule has 0 saturated carbocycles. The Kier molecular flexibility index (Phi) is 7.03. The number of halogens is 1. The van der Waals surface area contributed by atoms with Crippen molar-refractivity contribution >= 4 is 18.3 Å². The van der Waals surface area contributed by atoms with Crippen LogP contribution in [0, 0.1) is 0 Å². The number of likely N-dealkylation sites (N-methyl/N-ethyl adjacent to an activating group) is 1. The fourth-order valence-electron chi connectivity index (χ4n) is 2.98. The number of amides is 1. The van der Waals surface area contributed by atoms with Gasteiger partial charge in [0.05, 0.1) is 5.69 Å². The number of nitrogens with zero attached hydrogens (tertiary/aromatic N) is 2. The van der Waals surface area contributed by atoms with E-state index in [1.165, 1.54) is 0 Å². The molecular formula is C15H25ClN4O2. The van der Waals surface area contributed by atoms with Gasteiger partial charge in [-0.05, 0) is 38.3 Å². The molecule has 7 heteroatoms. The highest BCUT2D eigenvalue weighted by molar-refractivity contribution is 5.95. The molecule has 1 atom stereocenters. The minimum atomic E-state index is -0.374. The number of nitrogens with one attached hydrogen (secondary N) is 2. The molecule has 1 fully saturated rings. The lowest BCUT2D eigenvalue weighted by Crippen LogP contribution is -2.48. The number of hydrogen-bond acceptors (Lipinski definition) is 4. The minimum absolute atomic E-state index is 0. The Morgan fingerprint density at radius 1 is 1.41 bits per heavy atom. The third-order valence-corrected chi connectivity index (χ3v) is 4.19. The van der Waals surface area contributed by atoms with Gasteiger partial charge in [-0.25, -0.2) is 5.10 Å². The van der Waals surface area contributed by atoms with Crippen molar-refractivity contribution in [1.29, 1.82) is 0 Å². The second-order valence-corrected chi connectivity index (χ2v) is 5.44. The summed E-state index contributed by atoms with van der Waals surface area (Å²) in [5, 5.41) is 9.75. The number of likely N-dealkylation sites (tertiary alicyclic amines) is 1. The van der Waals surface area contributed by atoms with E-state index >= 15 is 0 Å². The van der Waals surface area contributed by atoms with E-state index in [2.05, 4.69) is 15.5 Å². The predicted octanol–water partition coefficient (Wildman–Crippen LogP) is 1.14. The number of carbonyl (C=O) groups is 1. The number of aromatic amines is 1. The molecule has 2 rings (SSSR count). The van der Waals surface area contributed by atoms with Crippen LogP contribution in [0.5, 0.6) is 0 Å². The van der Waals surface area contributed by atoms with E-state index in [9.17, 15) is 9.59 Å². The first-order valence-corrected chi connectivity index (χ1v) is 7.69. The molecule has 2 heterocycles. The zero-order valence-corrected chi connectivity index (χ0v) is 14.3. The van der Waals surface area contributed by atoms with Crippen LogP contribution < -0.4 is 10.9 Å². The van der Waals surface area contributed by atoms with Crippen LogP contribution in [0.25, 0.3) is 0 Å². The highest BCUT2D eigenvalue weighted by atomic mass is 35.5. The Hall–Kier alpha value is -1.40. The van der Waals surface area contributed by atoms with Gasteiger partial charge in [0.2, 0.25) is 0 Å². The van der Waals surface area contributed by atoms with Gasteiger partial charge in [0.25, 0.3) is 11.5 Å².